The smallest absolute Gasteiger partial charge is 1.00 e. The van der Waals surface area contributed by atoms with E-state index in [0.717, 1.165) is 19.3 Å². The van der Waals surface area contributed by atoms with Gasteiger partial charge in [0.15, 0.2) is 0 Å². The summed E-state index contributed by atoms with van der Waals surface area (Å²) >= 11 is -2.75. The van der Waals surface area contributed by atoms with Crippen LogP contribution in [-0.4, -0.2) is 3.21 Å². The van der Waals surface area contributed by atoms with Crippen LogP contribution in [0.1, 0.15) is 79.4 Å². The zero-order chi connectivity index (χ0) is 35.9. The zero-order valence-corrected chi connectivity index (χ0v) is 37.1. The van der Waals surface area contributed by atoms with E-state index in [-0.39, 0.29) is 62.7 Å². The van der Waals surface area contributed by atoms with Crippen molar-refractivity contribution in [2.24, 2.45) is 43.8 Å². The molecule has 0 saturated heterocycles. The van der Waals surface area contributed by atoms with Crippen LogP contribution in [0.25, 0.3) is 0 Å². The van der Waals surface area contributed by atoms with Gasteiger partial charge in [-0.15, -0.1) is 0 Å². The largest absolute Gasteiger partial charge is 1.00 e. The SMILES string of the molecule is CC1=CC=CC2[CH](/[Zr+2]([C]3=CC=CC3)=[C](\CCc3ccccc3)Cc3ccccc3)C3(C)C4(C)C=CC=CC4(C)C4(C)C=CC=CC4(C)C3(C)C12C.[Cl-].[Cl-]. The molecular formula is C50H58Cl2Zr. The van der Waals surface area contributed by atoms with Gasteiger partial charge in [0, 0.05) is 0 Å². The Morgan fingerprint density at radius 3 is 1.77 bits per heavy atom. The third kappa shape index (κ3) is 4.98. The van der Waals surface area contributed by atoms with Crippen LogP contribution in [-0.2, 0) is 34.1 Å². The van der Waals surface area contributed by atoms with Crippen LogP contribution < -0.4 is 24.8 Å². The molecule has 2 aromatic carbocycles. The molecule has 2 fully saturated rings. The average Bonchev–Trinajstić information content (AvgIpc) is 3.72. The summed E-state index contributed by atoms with van der Waals surface area (Å²) in [5, 5.41) is 0. The Hall–Kier alpha value is -2.31. The minimum absolute atomic E-state index is 0. The minimum Gasteiger partial charge on any atom is -1.00 e. The van der Waals surface area contributed by atoms with E-state index in [0.29, 0.717) is 9.54 Å². The second-order valence-corrected chi connectivity index (χ2v) is 24.9. The molecule has 0 radical (unpaired) electrons. The van der Waals surface area contributed by atoms with E-state index in [1.54, 1.807) is 5.57 Å². The molecule has 0 amide bonds. The van der Waals surface area contributed by atoms with Gasteiger partial charge in [-0.1, -0.05) is 0 Å². The van der Waals surface area contributed by atoms with Gasteiger partial charge in [-0.25, -0.2) is 0 Å². The summed E-state index contributed by atoms with van der Waals surface area (Å²) in [5.41, 5.74) is 4.11. The number of halogens is 2. The molecule has 8 rings (SSSR count). The van der Waals surface area contributed by atoms with Crippen molar-refractivity contribution in [2.45, 2.75) is 84.7 Å². The fraction of sp³-hybridized carbons (Fsp3) is 0.420. The fourth-order valence-corrected chi connectivity index (χ4v) is 25.1. The van der Waals surface area contributed by atoms with Crippen LogP contribution in [0.2, 0.25) is 3.63 Å². The van der Waals surface area contributed by atoms with E-state index in [1.165, 1.54) is 17.5 Å². The van der Waals surface area contributed by atoms with E-state index in [4.69, 9.17) is 0 Å². The molecule has 2 saturated carbocycles. The van der Waals surface area contributed by atoms with Crippen LogP contribution in [0, 0.1) is 43.8 Å². The number of rotatable bonds is 7. The quantitative estimate of drug-likeness (QED) is 0.291. The molecule has 0 N–H and O–H groups in total. The minimum atomic E-state index is -2.75. The van der Waals surface area contributed by atoms with Crippen molar-refractivity contribution in [3.63, 3.8) is 0 Å². The van der Waals surface area contributed by atoms with E-state index in [2.05, 4.69) is 201 Å². The molecule has 0 aliphatic heterocycles. The van der Waals surface area contributed by atoms with Crippen molar-refractivity contribution < 1.29 is 46.1 Å². The number of aryl methyl sites for hydroxylation is 1. The maximum absolute atomic E-state index is 2.84. The summed E-state index contributed by atoms with van der Waals surface area (Å²) in [4.78, 5) is 0. The number of hydrogen-bond donors (Lipinski definition) is 0. The van der Waals surface area contributed by atoms with Gasteiger partial charge in [-0.05, 0) is 0 Å². The van der Waals surface area contributed by atoms with Crippen molar-refractivity contribution in [3.05, 3.63) is 166 Å². The summed E-state index contributed by atoms with van der Waals surface area (Å²) in [6.07, 6.45) is 39.9. The first kappa shape index (κ1) is 40.4. The van der Waals surface area contributed by atoms with Crippen molar-refractivity contribution in [2.75, 3.05) is 0 Å². The van der Waals surface area contributed by atoms with E-state index in [1.807, 2.05) is 6.49 Å². The summed E-state index contributed by atoms with van der Waals surface area (Å²) in [5.74, 6) is 0.467. The topological polar surface area (TPSA) is 0 Å². The Balaban J connectivity index is 0.00000240. The second kappa shape index (κ2) is 14.0. The third-order valence-corrected chi connectivity index (χ3v) is 26.5. The molecule has 276 valence electrons. The van der Waals surface area contributed by atoms with E-state index >= 15 is 0 Å². The fourth-order valence-electron chi connectivity index (χ4n) is 13.6. The second-order valence-electron chi connectivity index (χ2n) is 18.0. The Morgan fingerprint density at radius 1 is 0.642 bits per heavy atom. The zero-order valence-electron chi connectivity index (χ0n) is 33.1. The van der Waals surface area contributed by atoms with Crippen molar-refractivity contribution >= 4 is 3.21 Å². The summed E-state index contributed by atoms with van der Waals surface area (Å²) < 4.78 is 4.30. The van der Waals surface area contributed by atoms with Crippen LogP contribution in [0.3, 0.4) is 0 Å². The van der Waals surface area contributed by atoms with Crippen molar-refractivity contribution in [1.29, 1.82) is 0 Å². The molecular weight excluding hydrogens is 763 g/mol. The molecule has 0 aromatic heterocycles. The predicted molar refractivity (Wildman–Crippen MR) is 215 cm³/mol. The van der Waals surface area contributed by atoms with Crippen molar-refractivity contribution in [3.8, 4) is 0 Å². The first-order valence-electron chi connectivity index (χ1n) is 19.6. The molecule has 2 aromatic rings. The van der Waals surface area contributed by atoms with E-state index in [9.17, 15) is 0 Å². The Morgan fingerprint density at radius 2 is 1.19 bits per heavy atom. The normalized spacial score (nSPS) is 39.8. The summed E-state index contributed by atoms with van der Waals surface area (Å²) in [6.45, 7) is 21.5. The molecule has 0 nitrogen and oxygen atoms in total. The van der Waals surface area contributed by atoms with Crippen molar-refractivity contribution in [1.82, 2.24) is 0 Å². The summed E-state index contributed by atoms with van der Waals surface area (Å²) in [6, 6.07) is 22.8. The maximum atomic E-state index is 2.84. The molecule has 0 spiro atoms. The first-order valence-corrected chi connectivity index (χ1v) is 23.5. The van der Waals surface area contributed by atoms with Gasteiger partial charge in [-0.2, -0.15) is 0 Å². The van der Waals surface area contributed by atoms with Gasteiger partial charge in [-0.3, -0.25) is 0 Å². The van der Waals surface area contributed by atoms with Gasteiger partial charge in [0.25, 0.3) is 0 Å². The Labute approximate surface area is 341 Å². The number of allylic oxidation sites excluding steroid dienone is 16. The maximum Gasteiger partial charge on any atom is -1.00 e. The van der Waals surface area contributed by atoms with Crippen LogP contribution in [0.4, 0.5) is 0 Å². The average molecular weight is 821 g/mol. The molecule has 9 atom stereocenters. The Kier molecular flexibility index (Phi) is 10.7. The number of fused-ring (bicyclic) bond motifs is 8. The molecule has 6 aliphatic carbocycles. The molecule has 3 heteroatoms. The Bertz CT molecular complexity index is 2030. The van der Waals surface area contributed by atoms with Crippen LogP contribution in [0.5, 0.6) is 0 Å². The monoisotopic (exact) mass is 818 g/mol. The van der Waals surface area contributed by atoms with Crippen LogP contribution >= 0.6 is 0 Å². The van der Waals surface area contributed by atoms with Gasteiger partial charge >= 0.3 is 319 Å². The third-order valence-electron chi connectivity index (χ3n) is 17.1. The van der Waals surface area contributed by atoms with Gasteiger partial charge in [0.2, 0.25) is 0 Å². The molecule has 0 heterocycles. The molecule has 53 heavy (non-hydrogen) atoms. The number of benzene rings is 2. The standard InChI is InChI=1S/C29H37.C16H16.C5H5.2ClH.Zr/c1-21-14-13-15-22-20-27(6)25(4)18-10-9-16-23(25,2)24(3)17-11-12-19-26(24,5)29(27,8)28(21,22)7;1-3-9-15(10-4-1)13-7-8-14-16-11-5-2-6-12-16;1-2-4-5-3-1;;;/h9-20,22H,1-8H3;1-6,9-12H,7,13-14H2;1-3H,4H2;2*1H;/q;;;;;+2/p-2. The molecule has 0 bridgehead atoms. The number of hydrogen-bond acceptors (Lipinski definition) is 0. The van der Waals surface area contributed by atoms with Gasteiger partial charge in [0.05, 0.1) is 0 Å². The van der Waals surface area contributed by atoms with Gasteiger partial charge < -0.3 is 24.8 Å². The molecule has 6 aliphatic rings. The van der Waals surface area contributed by atoms with Gasteiger partial charge in [0.1, 0.15) is 0 Å². The molecule has 9 unspecified atom stereocenters. The first-order chi connectivity index (χ1) is 24.3. The predicted octanol–water partition coefficient (Wildman–Crippen LogP) is 6.75. The van der Waals surface area contributed by atoms with Crippen LogP contribution in [0.15, 0.2) is 155 Å². The van der Waals surface area contributed by atoms with E-state index < -0.39 is 21.3 Å². The summed E-state index contributed by atoms with van der Waals surface area (Å²) in [7, 11) is 0.